The Bertz CT molecular complexity index is 781. The molecule has 0 amide bonds. The maximum atomic E-state index is 12.1. The average Bonchev–Trinajstić information content (AvgIpc) is 2.90. The van der Waals surface area contributed by atoms with Gasteiger partial charge in [0.05, 0.1) is 19.0 Å². The van der Waals surface area contributed by atoms with Gasteiger partial charge in [-0.1, -0.05) is 0 Å². The molecule has 114 valence electrons. The fourth-order valence-corrected chi connectivity index (χ4v) is 2.40. The second kappa shape index (κ2) is 6.05. The van der Waals surface area contributed by atoms with Crippen molar-refractivity contribution in [3.05, 3.63) is 48.3 Å². The van der Waals surface area contributed by atoms with Crippen molar-refractivity contribution < 1.29 is 13.9 Å². The summed E-state index contributed by atoms with van der Waals surface area (Å²) in [7, 11) is 1.64. The molecule has 2 heterocycles. The van der Waals surface area contributed by atoms with Gasteiger partial charge in [0.15, 0.2) is 0 Å². The number of halogens is 1. The van der Waals surface area contributed by atoms with Crippen LogP contribution in [-0.4, -0.2) is 29.8 Å². The van der Waals surface area contributed by atoms with Crippen LogP contribution < -0.4 is 9.47 Å². The quantitative estimate of drug-likeness (QED) is 0.721. The number of imidazole rings is 1. The van der Waals surface area contributed by atoms with Crippen molar-refractivity contribution in [1.29, 1.82) is 0 Å². The molecular weight excluding hydrogens is 282 g/mol. The first-order valence-corrected chi connectivity index (χ1v) is 7.05. The maximum Gasteiger partial charge on any atom is 0.137 e. The molecule has 0 aliphatic carbocycles. The van der Waals surface area contributed by atoms with Crippen LogP contribution in [0.1, 0.15) is 5.69 Å². The Labute approximate surface area is 128 Å². The molecule has 0 N–H and O–H groups in total. The van der Waals surface area contributed by atoms with Gasteiger partial charge in [0.2, 0.25) is 0 Å². The summed E-state index contributed by atoms with van der Waals surface area (Å²) in [4.78, 5) is 4.66. The molecular formula is C17H17FN2O2. The Morgan fingerprint density at radius 1 is 1.09 bits per heavy atom. The zero-order chi connectivity index (χ0) is 15.5. The number of aryl methyl sites for hydroxylation is 1. The van der Waals surface area contributed by atoms with Crippen LogP contribution in [0.3, 0.4) is 0 Å². The van der Waals surface area contributed by atoms with Gasteiger partial charge < -0.3 is 9.47 Å². The van der Waals surface area contributed by atoms with Gasteiger partial charge in [-0.15, -0.1) is 0 Å². The molecule has 0 atom stereocenters. The number of nitrogens with zero attached hydrogens (tertiary/aromatic N) is 2. The summed E-state index contributed by atoms with van der Waals surface area (Å²) in [5.41, 5.74) is 3.80. The van der Waals surface area contributed by atoms with Crippen molar-refractivity contribution in [2.45, 2.75) is 6.92 Å². The Morgan fingerprint density at radius 2 is 1.82 bits per heavy atom. The molecule has 3 aromatic rings. The van der Waals surface area contributed by atoms with Crippen molar-refractivity contribution >= 4 is 5.65 Å². The highest BCUT2D eigenvalue weighted by Crippen LogP contribution is 2.27. The smallest absolute Gasteiger partial charge is 0.137 e. The lowest BCUT2D eigenvalue weighted by Crippen LogP contribution is -1.98. The van der Waals surface area contributed by atoms with Crippen LogP contribution in [-0.2, 0) is 0 Å². The normalized spacial score (nSPS) is 10.9. The zero-order valence-corrected chi connectivity index (χ0v) is 12.5. The fraction of sp³-hybridized carbons (Fsp3) is 0.235. The van der Waals surface area contributed by atoms with Gasteiger partial charge in [0.25, 0.3) is 0 Å². The Hall–Kier alpha value is -2.56. The van der Waals surface area contributed by atoms with Crippen LogP contribution in [0.25, 0.3) is 16.9 Å². The molecule has 0 aliphatic rings. The molecule has 0 bridgehead atoms. The van der Waals surface area contributed by atoms with E-state index < -0.39 is 6.67 Å². The first kappa shape index (κ1) is 14.4. The summed E-state index contributed by atoms with van der Waals surface area (Å²) in [6.45, 7) is 1.60. The highest BCUT2D eigenvalue weighted by molar-refractivity contribution is 5.67. The largest absolute Gasteiger partial charge is 0.495 e. The van der Waals surface area contributed by atoms with E-state index in [9.17, 15) is 4.39 Å². The van der Waals surface area contributed by atoms with Gasteiger partial charge in [-0.3, -0.25) is 4.40 Å². The monoisotopic (exact) mass is 299 g/mol. The lowest BCUT2D eigenvalue weighted by molar-refractivity contribution is 0.273. The molecule has 2 aromatic heterocycles. The molecule has 4 nitrogen and oxygen atoms in total. The van der Waals surface area contributed by atoms with Crippen molar-refractivity contribution in [1.82, 2.24) is 9.38 Å². The minimum absolute atomic E-state index is 0.0759. The molecule has 1 aromatic carbocycles. The molecule has 3 rings (SSSR count). The zero-order valence-electron chi connectivity index (χ0n) is 12.5. The van der Waals surface area contributed by atoms with Crippen molar-refractivity contribution in [2.75, 3.05) is 20.4 Å². The molecule has 0 spiro atoms. The summed E-state index contributed by atoms with van der Waals surface area (Å²) in [5.74, 6) is 1.44. The number of rotatable bonds is 5. The summed E-state index contributed by atoms with van der Waals surface area (Å²) < 4.78 is 24.6. The van der Waals surface area contributed by atoms with E-state index in [0.717, 1.165) is 28.3 Å². The SMILES string of the molecule is COc1ccc2nc(-c3ccc(OCC[18F])cc3)c(C)n2c1. The number of methoxy groups -OCH3 is 1. The molecule has 0 aliphatic heterocycles. The van der Waals surface area contributed by atoms with E-state index in [1.54, 1.807) is 7.11 Å². The van der Waals surface area contributed by atoms with Crippen molar-refractivity contribution in [3.63, 3.8) is 0 Å². The second-order valence-corrected chi connectivity index (χ2v) is 4.90. The summed E-state index contributed by atoms with van der Waals surface area (Å²) in [6.07, 6.45) is 1.92. The first-order chi connectivity index (χ1) is 10.7. The van der Waals surface area contributed by atoms with Crippen LogP contribution in [0.4, 0.5) is 4.39 Å². The average molecular weight is 299 g/mol. The predicted octanol–water partition coefficient (Wildman–Crippen LogP) is 3.67. The number of hydrogen-bond acceptors (Lipinski definition) is 3. The van der Waals surface area contributed by atoms with Gasteiger partial charge >= 0.3 is 0 Å². The lowest BCUT2D eigenvalue weighted by Gasteiger charge is -2.05. The van der Waals surface area contributed by atoms with Gasteiger partial charge in [0, 0.05) is 11.3 Å². The predicted molar refractivity (Wildman–Crippen MR) is 83.4 cm³/mol. The number of alkyl halides is 1. The van der Waals surface area contributed by atoms with Gasteiger partial charge in [-0.25, -0.2) is 9.37 Å². The third-order valence-electron chi connectivity index (χ3n) is 3.54. The highest BCUT2D eigenvalue weighted by Gasteiger charge is 2.11. The molecule has 0 saturated carbocycles. The number of hydrogen-bond donors (Lipinski definition) is 0. The number of benzene rings is 1. The van der Waals surface area contributed by atoms with Crippen LogP contribution in [0.2, 0.25) is 0 Å². The van der Waals surface area contributed by atoms with Crippen LogP contribution in [0, 0.1) is 6.92 Å². The summed E-state index contributed by atoms with van der Waals surface area (Å²) in [5, 5.41) is 0. The van der Waals surface area contributed by atoms with E-state index in [1.165, 1.54) is 0 Å². The maximum absolute atomic E-state index is 12.1. The molecule has 5 heteroatoms. The Morgan fingerprint density at radius 3 is 2.50 bits per heavy atom. The van der Waals surface area contributed by atoms with Crippen LogP contribution in [0.5, 0.6) is 11.5 Å². The third-order valence-corrected chi connectivity index (χ3v) is 3.54. The van der Waals surface area contributed by atoms with E-state index in [0.29, 0.717) is 5.75 Å². The van der Waals surface area contributed by atoms with E-state index in [-0.39, 0.29) is 6.61 Å². The van der Waals surface area contributed by atoms with E-state index in [1.807, 2.05) is 53.9 Å². The van der Waals surface area contributed by atoms with Crippen molar-refractivity contribution in [2.24, 2.45) is 0 Å². The molecule has 0 unspecified atom stereocenters. The summed E-state index contributed by atoms with van der Waals surface area (Å²) in [6, 6.07) is 11.3. The minimum atomic E-state index is -0.491. The van der Waals surface area contributed by atoms with Crippen LogP contribution in [0.15, 0.2) is 42.6 Å². The third kappa shape index (κ3) is 2.62. The molecule has 0 saturated heterocycles. The Kier molecular flexibility index (Phi) is 3.96. The Balaban J connectivity index is 1.97. The van der Waals surface area contributed by atoms with Gasteiger partial charge in [-0.05, 0) is 43.3 Å². The van der Waals surface area contributed by atoms with Crippen molar-refractivity contribution in [3.8, 4) is 22.8 Å². The number of fused-ring (bicyclic) bond motifs is 1. The van der Waals surface area contributed by atoms with E-state index >= 15 is 0 Å². The standard InChI is InChI=1S/C17H17FN2O2/c1-12-17(13-3-5-14(6-4-13)22-10-9-18)19-16-8-7-15(21-2)11-20(12)16/h3-8,11H,9-10H2,1-2H3/i18-1. The highest BCUT2D eigenvalue weighted by atomic mass is 18.2. The van der Waals surface area contributed by atoms with Gasteiger partial charge in [0.1, 0.15) is 30.4 Å². The van der Waals surface area contributed by atoms with Crippen LogP contribution >= 0.6 is 0 Å². The molecule has 22 heavy (non-hydrogen) atoms. The second-order valence-electron chi connectivity index (χ2n) is 4.90. The topological polar surface area (TPSA) is 35.8 Å². The minimum Gasteiger partial charge on any atom is -0.495 e. The van der Waals surface area contributed by atoms with E-state index in [2.05, 4.69) is 4.98 Å². The summed E-state index contributed by atoms with van der Waals surface area (Å²) >= 11 is 0. The van der Waals surface area contributed by atoms with E-state index in [4.69, 9.17) is 9.47 Å². The first-order valence-electron chi connectivity index (χ1n) is 7.05. The number of aromatic nitrogens is 2. The number of pyridine rings is 1. The molecule has 0 fully saturated rings. The number of ether oxygens (including phenoxy) is 2. The fourth-order valence-electron chi connectivity index (χ4n) is 2.40. The van der Waals surface area contributed by atoms with Gasteiger partial charge in [-0.2, -0.15) is 0 Å². The lowest BCUT2D eigenvalue weighted by atomic mass is 10.1. The molecule has 0 radical (unpaired) electrons.